The van der Waals surface area contributed by atoms with E-state index in [4.69, 9.17) is 22.1 Å². The predicted molar refractivity (Wildman–Crippen MR) is 74.0 cm³/mol. The Morgan fingerprint density at radius 2 is 2.06 bits per heavy atom. The average molecular weight is 264 g/mol. The molecule has 0 fully saturated rings. The van der Waals surface area contributed by atoms with Crippen LogP contribution in [0.1, 0.15) is 5.56 Å². The molecule has 2 rings (SSSR count). The Hall–Kier alpha value is -1.94. The highest BCUT2D eigenvalue weighted by molar-refractivity contribution is 6.31. The molecule has 2 aromatic rings. The van der Waals surface area contributed by atoms with Gasteiger partial charge in [0.25, 0.3) is 0 Å². The van der Waals surface area contributed by atoms with Gasteiger partial charge in [0.1, 0.15) is 5.82 Å². The first-order valence-corrected chi connectivity index (χ1v) is 5.86. The summed E-state index contributed by atoms with van der Waals surface area (Å²) in [6, 6.07) is 11.2. The molecule has 0 aliphatic rings. The number of benzene rings is 1. The fraction of sp³-hybridized carbons (Fsp3) is 0.154. The van der Waals surface area contributed by atoms with Crippen molar-refractivity contribution in [1.82, 2.24) is 4.98 Å². The van der Waals surface area contributed by atoms with E-state index in [0.717, 1.165) is 10.6 Å². The highest BCUT2D eigenvalue weighted by atomic mass is 35.5. The van der Waals surface area contributed by atoms with Gasteiger partial charge in [0.2, 0.25) is 5.88 Å². The number of rotatable bonds is 4. The van der Waals surface area contributed by atoms with E-state index in [9.17, 15) is 0 Å². The van der Waals surface area contributed by atoms with Crippen LogP contribution in [0.5, 0.6) is 5.88 Å². The fourth-order valence-electron chi connectivity index (χ4n) is 1.54. The second kappa shape index (κ2) is 5.60. The number of methoxy groups -OCH3 is 1. The van der Waals surface area contributed by atoms with Crippen LogP contribution in [-0.2, 0) is 6.54 Å². The molecule has 3 N–H and O–H groups in total. The van der Waals surface area contributed by atoms with Gasteiger partial charge in [-0.3, -0.25) is 0 Å². The minimum atomic E-state index is 0.416. The first kappa shape index (κ1) is 12.5. The minimum Gasteiger partial charge on any atom is -0.479 e. The number of hydrogen-bond acceptors (Lipinski definition) is 4. The van der Waals surface area contributed by atoms with Gasteiger partial charge in [0.05, 0.1) is 12.8 Å². The number of nitrogen functional groups attached to an aromatic ring is 1. The van der Waals surface area contributed by atoms with Crippen molar-refractivity contribution in [2.24, 2.45) is 0 Å². The quantitative estimate of drug-likeness (QED) is 0.890. The topological polar surface area (TPSA) is 60.2 Å². The van der Waals surface area contributed by atoms with E-state index in [1.54, 1.807) is 12.1 Å². The number of nitrogens with one attached hydrogen (secondary N) is 1. The summed E-state index contributed by atoms with van der Waals surface area (Å²) in [7, 11) is 1.54. The molecule has 0 amide bonds. The smallest absolute Gasteiger partial charge is 0.238 e. The third-order valence-corrected chi connectivity index (χ3v) is 2.87. The number of nitrogens with zero attached hydrogens (tertiary/aromatic N) is 1. The number of halogens is 1. The molecular formula is C13H14ClN3O. The van der Waals surface area contributed by atoms with Gasteiger partial charge in [-0.2, -0.15) is 4.98 Å². The largest absolute Gasteiger partial charge is 0.479 e. The average Bonchev–Trinajstić information content (AvgIpc) is 2.39. The molecule has 1 aromatic carbocycles. The number of ether oxygens (including phenoxy) is 1. The maximum absolute atomic E-state index is 6.07. The number of anilines is 2. The molecule has 0 saturated heterocycles. The molecule has 1 aromatic heterocycles. The van der Waals surface area contributed by atoms with Gasteiger partial charge in [0, 0.05) is 11.6 Å². The van der Waals surface area contributed by atoms with Gasteiger partial charge in [-0.25, -0.2) is 0 Å². The summed E-state index contributed by atoms with van der Waals surface area (Å²) in [5, 5.41) is 3.90. The van der Waals surface area contributed by atoms with Crippen molar-refractivity contribution < 1.29 is 4.74 Å². The van der Waals surface area contributed by atoms with Gasteiger partial charge in [-0.05, 0) is 23.8 Å². The van der Waals surface area contributed by atoms with Crippen LogP contribution in [0.15, 0.2) is 36.4 Å². The fourth-order valence-corrected chi connectivity index (χ4v) is 1.74. The SMILES string of the molecule is COc1nc(NCc2ccccc2Cl)ccc1N. The van der Waals surface area contributed by atoms with Crippen LogP contribution < -0.4 is 15.8 Å². The van der Waals surface area contributed by atoms with Crippen LogP contribution in [0.3, 0.4) is 0 Å². The minimum absolute atomic E-state index is 0.416. The molecular weight excluding hydrogens is 250 g/mol. The van der Waals surface area contributed by atoms with Crippen LogP contribution in [0, 0.1) is 0 Å². The Balaban J connectivity index is 2.09. The standard InChI is InChI=1S/C13H14ClN3O/c1-18-13-11(15)6-7-12(17-13)16-8-9-4-2-3-5-10(9)14/h2-7H,8,15H2,1H3,(H,16,17). The zero-order valence-corrected chi connectivity index (χ0v) is 10.7. The van der Waals surface area contributed by atoms with Gasteiger partial charge < -0.3 is 15.8 Å². The van der Waals surface area contributed by atoms with E-state index in [2.05, 4.69) is 10.3 Å². The molecule has 0 spiro atoms. The Labute approximate surface area is 111 Å². The van der Waals surface area contributed by atoms with E-state index < -0.39 is 0 Å². The van der Waals surface area contributed by atoms with Crippen molar-refractivity contribution >= 4 is 23.1 Å². The molecule has 0 radical (unpaired) electrons. The number of pyridine rings is 1. The van der Waals surface area contributed by atoms with Gasteiger partial charge in [-0.15, -0.1) is 0 Å². The second-order valence-corrected chi connectivity index (χ2v) is 4.15. The lowest BCUT2D eigenvalue weighted by molar-refractivity contribution is 0.401. The molecule has 0 unspecified atom stereocenters. The zero-order chi connectivity index (χ0) is 13.0. The van der Waals surface area contributed by atoms with Crippen molar-refractivity contribution in [3.05, 3.63) is 47.0 Å². The van der Waals surface area contributed by atoms with Crippen LogP contribution >= 0.6 is 11.6 Å². The van der Waals surface area contributed by atoms with Crippen LogP contribution in [0.4, 0.5) is 11.5 Å². The molecule has 4 nitrogen and oxygen atoms in total. The maximum atomic E-state index is 6.07. The van der Waals surface area contributed by atoms with E-state index in [0.29, 0.717) is 23.9 Å². The molecule has 94 valence electrons. The highest BCUT2D eigenvalue weighted by Gasteiger charge is 2.03. The summed E-state index contributed by atoms with van der Waals surface area (Å²) in [6.45, 7) is 0.597. The third kappa shape index (κ3) is 2.84. The van der Waals surface area contributed by atoms with Crippen LogP contribution in [0.2, 0.25) is 5.02 Å². The summed E-state index contributed by atoms with van der Waals surface area (Å²) >= 11 is 6.07. The second-order valence-electron chi connectivity index (χ2n) is 3.74. The summed E-state index contributed by atoms with van der Waals surface area (Å²) in [4.78, 5) is 4.23. The lowest BCUT2D eigenvalue weighted by atomic mass is 10.2. The van der Waals surface area contributed by atoms with Crippen LogP contribution in [0.25, 0.3) is 0 Å². The van der Waals surface area contributed by atoms with E-state index in [-0.39, 0.29) is 0 Å². The third-order valence-electron chi connectivity index (χ3n) is 2.50. The lowest BCUT2D eigenvalue weighted by Gasteiger charge is -2.09. The monoisotopic (exact) mass is 263 g/mol. The maximum Gasteiger partial charge on any atom is 0.238 e. The zero-order valence-electron chi connectivity index (χ0n) is 9.98. The van der Waals surface area contributed by atoms with Crippen molar-refractivity contribution in [3.63, 3.8) is 0 Å². The first-order valence-electron chi connectivity index (χ1n) is 5.48. The summed E-state index contributed by atoms with van der Waals surface area (Å²) in [6.07, 6.45) is 0. The van der Waals surface area contributed by atoms with Crippen molar-refractivity contribution in [1.29, 1.82) is 0 Å². The van der Waals surface area contributed by atoms with Gasteiger partial charge >= 0.3 is 0 Å². The van der Waals surface area contributed by atoms with Gasteiger partial charge in [0.15, 0.2) is 0 Å². The summed E-state index contributed by atoms with van der Waals surface area (Å²) < 4.78 is 5.06. The van der Waals surface area contributed by atoms with E-state index in [1.807, 2.05) is 24.3 Å². The Kier molecular flexibility index (Phi) is 3.89. The molecule has 5 heteroatoms. The summed E-state index contributed by atoms with van der Waals surface area (Å²) in [5.74, 6) is 1.11. The molecule has 0 aliphatic heterocycles. The van der Waals surface area contributed by atoms with E-state index in [1.165, 1.54) is 7.11 Å². The number of nitrogens with two attached hydrogens (primary N) is 1. The highest BCUT2D eigenvalue weighted by Crippen LogP contribution is 2.21. The number of aromatic nitrogens is 1. The van der Waals surface area contributed by atoms with Crippen molar-refractivity contribution in [3.8, 4) is 5.88 Å². The first-order chi connectivity index (χ1) is 8.70. The Morgan fingerprint density at radius 3 is 2.78 bits per heavy atom. The summed E-state index contributed by atoms with van der Waals surface area (Å²) in [5.41, 5.74) is 7.22. The van der Waals surface area contributed by atoms with Crippen molar-refractivity contribution in [2.75, 3.05) is 18.2 Å². The Bertz CT molecular complexity index is 546. The normalized spacial score (nSPS) is 10.1. The van der Waals surface area contributed by atoms with Crippen molar-refractivity contribution in [2.45, 2.75) is 6.54 Å². The lowest BCUT2D eigenvalue weighted by Crippen LogP contribution is -2.04. The predicted octanol–water partition coefficient (Wildman–Crippen LogP) is 2.94. The molecule has 0 bridgehead atoms. The number of hydrogen-bond donors (Lipinski definition) is 2. The van der Waals surface area contributed by atoms with Gasteiger partial charge in [-0.1, -0.05) is 29.8 Å². The Morgan fingerprint density at radius 1 is 1.28 bits per heavy atom. The van der Waals surface area contributed by atoms with Crippen LogP contribution in [-0.4, -0.2) is 12.1 Å². The molecule has 1 heterocycles. The van der Waals surface area contributed by atoms with E-state index >= 15 is 0 Å². The molecule has 0 atom stereocenters. The molecule has 0 aliphatic carbocycles. The molecule has 18 heavy (non-hydrogen) atoms. The molecule has 0 saturated carbocycles.